The normalized spacial score (nSPS) is 10.3. The van der Waals surface area contributed by atoms with Gasteiger partial charge in [0.25, 0.3) is 0 Å². The van der Waals surface area contributed by atoms with Gasteiger partial charge in [-0.1, -0.05) is 30.3 Å². The van der Waals surface area contributed by atoms with Gasteiger partial charge in [0, 0.05) is 5.56 Å². The zero-order valence-corrected chi connectivity index (χ0v) is 10.9. The summed E-state index contributed by atoms with van der Waals surface area (Å²) >= 11 is 4.57. The topological polar surface area (TPSA) is 13.1 Å². The van der Waals surface area contributed by atoms with Crippen molar-refractivity contribution in [2.45, 2.75) is 0 Å². The molecule has 13 heavy (non-hydrogen) atoms. The third-order valence-electron chi connectivity index (χ3n) is 1.73. The summed E-state index contributed by atoms with van der Waals surface area (Å²) in [5, 5.41) is 0. The highest BCUT2D eigenvalue weighted by Crippen LogP contribution is 2.29. The van der Waals surface area contributed by atoms with Crippen LogP contribution in [0.1, 0.15) is 0 Å². The molecule has 0 amide bonds. The van der Waals surface area contributed by atoms with Crippen molar-refractivity contribution in [2.75, 3.05) is 0 Å². The maximum absolute atomic E-state index is 5.47. The van der Waals surface area contributed by atoms with Gasteiger partial charge in [-0.25, -0.2) is 0 Å². The molecule has 0 aliphatic heterocycles. The molecule has 1 aromatic carbocycles. The molecule has 2 rings (SSSR count). The highest BCUT2D eigenvalue weighted by molar-refractivity contribution is 14.1. The zero-order chi connectivity index (χ0) is 9.26. The minimum absolute atomic E-state index is 0.964. The van der Waals surface area contributed by atoms with E-state index in [9.17, 15) is 0 Å². The summed E-state index contributed by atoms with van der Waals surface area (Å²) in [6.07, 6.45) is 1.78. The van der Waals surface area contributed by atoms with Crippen LogP contribution in [-0.4, -0.2) is 0 Å². The SMILES string of the molecule is Ic1coc(-c2ccccc2)c1I. The van der Waals surface area contributed by atoms with E-state index in [0.717, 1.165) is 14.9 Å². The van der Waals surface area contributed by atoms with Crippen LogP contribution in [0.4, 0.5) is 0 Å². The second-order valence-electron chi connectivity index (χ2n) is 2.59. The number of halogens is 2. The minimum atomic E-state index is 0.964. The third-order valence-corrected chi connectivity index (χ3v) is 4.62. The number of hydrogen-bond acceptors (Lipinski definition) is 1. The molecule has 0 spiro atoms. The summed E-state index contributed by atoms with van der Waals surface area (Å²) < 4.78 is 7.81. The molecule has 1 heterocycles. The third kappa shape index (κ3) is 1.90. The van der Waals surface area contributed by atoms with Crippen LogP contribution in [0.2, 0.25) is 0 Å². The van der Waals surface area contributed by atoms with Crippen molar-refractivity contribution in [2.24, 2.45) is 0 Å². The van der Waals surface area contributed by atoms with Gasteiger partial charge < -0.3 is 4.42 Å². The molecule has 0 saturated carbocycles. The quantitative estimate of drug-likeness (QED) is 0.661. The molecular weight excluding hydrogens is 390 g/mol. The lowest BCUT2D eigenvalue weighted by atomic mass is 10.2. The van der Waals surface area contributed by atoms with E-state index in [1.165, 1.54) is 3.57 Å². The average molecular weight is 396 g/mol. The lowest BCUT2D eigenvalue weighted by molar-refractivity contribution is 0.579. The Morgan fingerprint density at radius 2 is 1.69 bits per heavy atom. The Bertz CT molecular complexity index is 406. The Balaban J connectivity index is 2.53. The molecule has 3 heteroatoms. The Kier molecular flexibility index (Phi) is 2.92. The monoisotopic (exact) mass is 396 g/mol. The molecule has 1 aromatic heterocycles. The van der Waals surface area contributed by atoms with Crippen LogP contribution in [0.5, 0.6) is 0 Å². The van der Waals surface area contributed by atoms with Gasteiger partial charge in [0.1, 0.15) is 12.0 Å². The molecule has 0 radical (unpaired) electrons. The smallest absolute Gasteiger partial charge is 0.148 e. The van der Waals surface area contributed by atoms with E-state index in [4.69, 9.17) is 4.42 Å². The van der Waals surface area contributed by atoms with Gasteiger partial charge in [0.2, 0.25) is 0 Å². The highest BCUT2D eigenvalue weighted by Gasteiger charge is 2.09. The standard InChI is InChI=1S/C10H6I2O/c11-8-6-13-10(9(8)12)7-4-2-1-3-5-7/h1-6H. The summed E-state index contributed by atoms with van der Waals surface area (Å²) in [6, 6.07) is 10.1. The first-order valence-corrected chi connectivity index (χ1v) is 5.92. The molecule has 2 aromatic rings. The molecule has 0 saturated heterocycles. The first-order valence-electron chi connectivity index (χ1n) is 3.77. The van der Waals surface area contributed by atoms with Crippen molar-refractivity contribution in [1.29, 1.82) is 0 Å². The maximum Gasteiger partial charge on any atom is 0.148 e. The van der Waals surface area contributed by atoms with Crippen LogP contribution >= 0.6 is 45.2 Å². The van der Waals surface area contributed by atoms with E-state index in [-0.39, 0.29) is 0 Å². The van der Waals surface area contributed by atoms with Crippen molar-refractivity contribution in [3.8, 4) is 11.3 Å². The van der Waals surface area contributed by atoms with Crippen LogP contribution < -0.4 is 0 Å². The minimum Gasteiger partial charge on any atom is -0.462 e. The number of rotatable bonds is 1. The van der Waals surface area contributed by atoms with Crippen molar-refractivity contribution in [3.63, 3.8) is 0 Å². The number of benzene rings is 1. The van der Waals surface area contributed by atoms with Crippen LogP contribution in [0, 0.1) is 7.14 Å². The average Bonchev–Trinajstić information content (AvgIpc) is 2.49. The van der Waals surface area contributed by atoms with Crippen molar-refractivity contribution < 1.29 is 4.42 Å². The van der Waals surface area contributed by atoms with Gasteiger partial charge in [0.05, 0.1) is 7.14 Å². The van der Waals surface area contributed by atoms with Gasteiger partial charge in [0.15, 0.2) is 0 Å². The van der Waals surface area contributed by atoms with E-state index in [0.29, 0.717) is 0 Å². The van der Waals surface area contributed by atoms with E-state index in [2.05, 4.69) is 57.3 Å². The van der Waals surface area contributed by atoms with Gasteiger partial charge in [-0.05, 0) is 45.2 Å². The molecule has 0 atom stereocenters. The molecule has 66 valence electrons. The molecule has 0 unspecified atom stereocenters. The number of furan rings is 1. The fourth-order valence-corrected chi connectivity index (χ4v) is 2.04. The van der Waals surface area contributed by atoms with Crippen molar-refractivity contribution in [1.82, 2.24) is 0 Å². The Labute approximate surface area is 104 Å². The summed E-state index contributed by atoms with van der Waals surface area (Å²) in [7, 11) is 0. The largest absolute Gasteiger partial charge is 0.462 e. The predicted molar refractivity (Wildman–Crippen MR) is 69.6 cm³/mol. The van der Waals surface area contributed by atoms with E-state index < -0.39 is 0 Å². The molecule has 0 N–H and O–H groups in total. The fraction of sp³-hybridized carbons (Fsp3) is 0. The second kappa shape index (κ2) is 4.00. The van der Waals surface area contributed by atoms with E-state index in [1.54, 1.807) is 6.26 Å². The lowest BCUT2D eigenvalue weighted by Crippen LogP contribution is -1.76. The zero-order valence-electron chi connectivity index (χ0n) is 6.63. The molecule has 1 nitrogen and oxygen atoms in total. The maximum atomic E-state index is 5.47. The van der Waals surface area contributed by atoms with Gasteiger partial charge >= 0.3 is 0 Å². The van der Waals surface area contributed by atoms with Crippen LogP contribution in [-0.2, 0) is 0 Å². The molecular formula is C10H6I2O. The summed E-state index contributed by atoms with van der Waals surface area (Å²) in [5.74, 6) is 0.964. The Morgan fingerprint density at radius 3 is 2.23 bits per heavy atom. The fourth-order valence-electron chi connectivity index (χ4n) is 1.11. The van der Waals surface area contributed by atoms with Gasteiger partial charge in [-0.15, -0.1) is 0 Å². The summed E-state index contributed by atoms with van der Waals surface area (Å²) in [6.45, 7) is 0. The second-order valence-corrected chi connectivity index (χ2v) is 4.83. The van der Waals surface area contributed by atoms with Crippen molar-refractivity contribution in [3.05, 3.63) is 43.7 Å². The van der Waals surface area contributed by atoms with Gasteiger partial charge in [-0.2, -0.15) is 0 Å². The number of hydrogen-bond donors (Lipinski definition) is 0. The lowest BCUT2D eigenvalue weighted by Gasteiger charge is -1.95. The molecule has 0 aliphatic carbocycles. The molecule has 0 aliphatic rings. The first kappa shape index (κ1) is 9.51. The first-order chi connectivity index (χ1) is 6.29. The summed E-state index contributed by atoms with van der Waals surface area (Å²) in [5.41, 5.74) is 1.13. The molecule has 0 fully saturated rings. The van der Waals surface area contributed by atoms with Crippen LogP contribution in [0.3, 0.4) is 0 Å². The van der Waals surface area contributed by atoms with Crippen LogP contribution in [0.15, 0.2) is 41.0 Å². The van der Waals surface area contributed by atoms with Gasteiger partial charge in [-0.3, -0.25) is 0 Å². The summed E-state index contributed by atoms with van der Waals surface area (Å²) in [4.78, 5) is 0. The van der Waals surface area contributed by atoms with Crippen molar-refractivity contribution >= 4 is 45.2 Å². The predicted octanol–water partition coefficient (Wildman–Crippen LogP) is 4.16. The highest BCUT2D eigenvalue weighted by atomic mass is 127. The van der Waals surface area contributed by atoms with E-state index >= 15 is 0 Å². The van der Waals surface area contributed by atoms with Crippen LogP contribution in [0.25, 0.3) is 11.3 Å². The molecule has 0 bridgehead atoms. The van der Waals surface area contributed by atoms with E-state index in [1.807, 2.05) is 18.2 Å². The Morgan fingerprint density at radius 1 is 1.00 bits per heavy atom. The Hall–Kier alpha value is -0.0400.